The molecule has 0 aliphatic heterocycles. The van der Waals surface area contributed by atoms with E-state index in [1.54, 1.807) is 0 Å². The summed E-state index contributed by atoms with van der Waals surface area (Å²) in [5.74, 6) is 1.10. The molecule has 2 aliphatic rings. The van der Waals surface area contributed by atoms with Crippen LogP contribution in [0.15, 0.2) is 12.2 Å². The Morgan fingerprint density at radius 2 is 2.36 bits per heavy atom. The summed E-state index contributed by atoms with van der Waals surface area (Å²) in [5.41, 5.74) is 1.28. The van der Waals surface area contributed by atoms with Gasteiger partial charge in [-0.15, -0.1) is 0 Å². The molecule has 1 heteroatoms. The van der Waals surface area contributed by atoms with E-state index < -0.39 is 0 Å². The fraction of sp³-hybridized carbons (Fsp3) is 0.700. The molecule has 0 aromatic heterocycles. The van der Waals surface area contributed by atoms with Crippen LogP contribution in [0.25, 0.3) is 0 Å². The summed E-state index contributed by atoms with van der Waals surface area (Å²) in [6.45, 7) is 6.08. The quantitative estimate of drug-likeness (QED) is 0.484. The molecule has 1 nitrogen and oxygen atoms in total. The van der Waals surface area contributed by atoms with Crippen molar-refractivity contribution in [3.8, 4) is 0 Å². The lowest BCUT2D eigenvalue weighted by Crippen LogP contribution is -2.23. The molecule has 0 aromatic rings. The Kier molecular flexibility index (Phi) is 1.26. The lowest BCUT2D eigenvalue weighted by molar-refractivity contribution is -0.125. The summed E-state index contributed by atoms with van der Waals surface area (Å²) in [7, 11) is 0. The van der Waals surface area contributed by atoms with Gasteiger partial charge in [-0.2, -0.15) is 0 Å². The van der Waals surface area contributed by atoms with Crippen LogP contribution >= 0.6 is 0 Å². The fourth-order valence-electron chi connectivity index (χ4n) is 2.65. The number of allylic oxidation sites excluding steroid dienone is 1. The Balaban J connectivity index is 2.33. The molecule has 60 valence electrons. The first-order valence-corrected chi connectivity index (χ1v) is 4.33. The van der Waals surface area contributed by atoms with Gasteiger partial charge in [0.15, 0.2) is 0 Å². The van der Waals surface area contributed by atoms with E-state index in [2.05, 4.69) is 13.5 Å². The zero-order chi connectivity index (χ0) is 8.06. The largest absolute Gasteiger partial charge is 0.299 e. The predicted octanol–water partition coefficient (Wildman–Crippen LogP) is 2.32. The Morgan fingerprint density at radius 3 is 3.00 bits per heavy atom. The van der Waals surface area contributed by atoms with E-state index in [0.717, 1.165) is 25.7 Å². The maximum absolute atomic E-state index is 11.5. The minimum absolute atomic E-state index is 0.00289. The predicted molar refractivity (Wildman–Crippen MR) is 44.2 cm³/mol. The number of rotatable bonds is 0. The van der Waals surface area contributed by atoms with Crippen molar-refractivity contribution in [1.82, 2.24) is 0 Å². The third-order valence-corrected chi connectivity index (χ3v) is 3.41. The topological polar surface area (TPSA) is 17.1 Å². The number of Topliss-reactive ketones (excluding diaryl/α,β-unsaturated/α-hetero) is 1. The highest BCUT2D eigenvalue weighted by Gasteiger charge is 2.49. The van der Waals surface area contributed by atoms with Gasteiger partial charge in [0.25, 0.3) is 0 Å². The van der Waals surface area contributed by atoms with Crippen LogP contribution in [-0.4, -0.2) is 5.78 Å². The highest BCUT2D eigenvalue weighted by Crippen LogP contribution is 2.53. The molecule has 2 rings (SSSR count). The molecule has 0 N–H and O–H groups in total. The molecule has 2 fully saturated rings. The number of carbonyl (C=O) groups excluding carboxylic acids is 1. The third-order valence-electron chi connectivity index (χ3n) is 3.41. The minimum Gasteiger partial charge on any atom is -0.299 e. The summed E-state index contributed by atoms with van der Waals surface area (Å²) in [4.78, 5) is 11.5. The van der Waals surface area contributed by atoms with Gasteiger partial charge in [-0.05, 0) is 25.2 Å². The summed E-state index contributed by atoms with van der Waals surface area (Å²) < 4.78 is 0. The van der Waals surface area contributed by atoms with Gasteiger partial charge in [0.1, 0.15) is 5.78 Å². The van der Waals surface area contributed by atoms with E-state index in [4.69, 9.17) is 0 Å². The summed E-state index contributed by atoms with van der Waals surface area (Å²) in [6.07, 6.45) is 3.97. The Morgan fingerprint density at radius 1 is 1.64 bits per heavy atom. The Hall–Kier alpha value is -0.590. The van der Waals surface area contributed by atoms with Crippen molar-refractivity contribution in [2.24, 2.45) is 11.3 Å². The summed E-state index contributed by atoms with van der Waals surface area (Å²) >= 11 is 0. The van der Waals surface area contributed by atoms with E-state index in [-0.39, 0.29) is 5.41 Å². The first-order valence-electron chi connectivity index (χ1n) is 4.33. The van der Waals surface area contributed by atoms with Gasteiger partial charge in [0.05, 0.1) is 0 Å². The van der Waals surface area contributed by atoms with Crippen molar-refractivity contribution in [3.63, 3.8) is 0 Å². The van der Waals surface area contributed by atoms with Gasteiger partial charge in [-0.25, -0.2) is 0 Å². The van der Waals surface area contributed by atoms with E-state index in [1.807, 2.05) is 0 Å². The second-order valence-corrected chi connectivity index (χ2v) is 4.21. The lowest BCUT2D eigenvalue weighted by atomic mass is 9.82. The van der Waals surface area contributed by atoms with E-state index >= 15 is 0 Å². The standard InChI is InChI=1S/C10H14O/c1-7-5-8-3-4-9(11)10(8,2)6-7/h8H,1,3-6H2,2H3/t8-,10+/m0/s1. The fourth-order valence-corrected chi connectivity index (χ4v) is 2.65. The maximum atomic E-state index is 11.5. The van der Waals surface area contributed by atoms with Crippen molar-refractivity contribution >= 4 is 5.78 Å². The van der Waals surface area contributed by atoms with Crippen LogP contribution in [0, 0.1) is 11.3 Å². The monoisotopic (exact) mass is 150 g/mol. The van der Waals surface area contributed by atoms with Gasteiger partial charge in [-0.1, -0.05) is 19.1 Å². The third kappa shape index (κ3) is 0.800. The van der Waals surface area contributed by atoms with Gasteiger partial charge >= 0.3 is 0 Å². The molecule has 0 spiro atoms. The van der Waals surface area contributed by atoms with E-state index in [0.29, 0.717) is 11.7 Å². The van der Waals surface area contributed by atoms with Crippen molar-refractivity contribution < 1.29 is 4.79 Å². The van der Waals surface area contributed by atoms with Crippen molar-refractivity contribution in [1.29, 1.82) is 0 Å². The number of carbonyl (C=O) groups is 1. The average Bonchev–Trinajstić information content (AvgIpc) is 2.32. The lowest BCUT2D eigenvalue weighted by Gasteiger charge is -2.20. The molecule has 2 atom stereocenters. The zero-order valence-electron chi connectivity index (χ0n) is 7.02. The highest BCUT2D eigenvalue weighted by molar-refractivity contribution is 5.87. The normalized spacial score (nSPS) is 43.2. The molecule has 0 aromatic carbocycles. The van der Waals surface area contributed by atoms with Gasteiger partial charge < -0.3 is 0 Å². The maximum Gasteiger partial charge on any atom is 0.139 e. The van der Waals surface area contributed by atoms with Crippen molar-refractivity contribution in [2.75, 3.05) is 0 Å². The van der Waals surface area contributed by atoms with Gasteiger partial charge in [-0.3, -0.25) is 4.79 Å². The molecule has 0 heterocycles. The molecule has 0 amide bonds. The second-order valence-electron chi connectivity index (χ2n) is 4.21. The molecule has 2 saturated carbocycles. The minimum atomic E-state index is -0.00289. The number of hydrogen-bond acceptors (Lipinski definition) is 1. The average molecular weight is 150 g/mol. The van der Waals surface area contributed by atoms with Crippen LogP contribution in [0.5, 0.6) is 0 Å². The summed E-state index contributed by atoms with van der Waals surface area (Å²) in [6, 6.07) is 0. The number of fused-ring (bicyclic) bond motifs is 1. The smallest absolute Gasteiger partial charge is 0.139 e. The first-order chi connectivity index (χ1) is 5.13. The van der Waals surface area contributed by atoms with Crippen LogP contribution < -0.4 is 0 Å². The number of hydrogen-bond donors (Lipinski definition) is 0. The van der Waals surface area contributed by atoms with Crippen molar-refractivity contribution in [2.45, 2.75) is 32.6 Å². The van der Waals surface area contributed by atoms with Crippen LogP contribution in [0.1, 0.15) is 32.6 Å². The molecule has 0 unspecified atom stereocenters. The van der Waals surface area contributed by atoms with Gasteiger partial charge in [0, 0.05) is 11.8 Å². The van der Waals surface area contributed by atoms with Crippen LogP contribution in [0.4, 0.5) is 0 Å². The Labute approximate surface area is 67.5 Å². The molecule has 0 radical (unpaired) electrons. The molecule has 0 bridgehead atoms. The summed E-state index contributed by atoms with van der Waals surface area (Å²) in [5, 5.41) is 0. The molecular weight excluding hydrogens is 136 g/mol. The highest BCUT2D eigenvalue weighted by atomic mass is 16.1. The Bertz CT molecular complexity index is 229. The van der Waals surface area contributed by atoms with Crippen LogP contribution in [-0.2, 0) is 4.79 Å². The molecule has 11 heavy (non-hydrogen) atoms. The van der Waals surface area contributed by atoms with Crippen LogP contribution in [0.2, 0.25) is 0 Å². The van der Waals surface area contributed by atoms with E-state index in [9.17, 15) is 4.79 Å². The zero-order valence-corrected chi connectivity index (χ0v) is 7.02. The molecular formula is C10H14O. The molecule has 2 aliphatic carbocycles. The SMILES string of the molecule is C=C1C[C@@H]2CCC(=O)[C@]2(C)C1. The first kappa shape index (κ1) is 7.08. The van der Waals surface area contributed by atoms with E-state index in [1.165, 1.54) is 5.57 Å². The van der Waals surface area contributed by atoms with Gasteiger partial charge in [0.2, 0.25) is 0 Å². The molecule has 0 saturated heterocycles. The second kappa shape index (κ2) is 1.96. The van der Waals surface area contributed by atoms with Crippen LogP contribution in [0.3, 0.4) is 0 Å². The van der Waals surface area contributed by atoms with Crippen molar-refractivity contribution in [3.05, 3.63) is 12.2 Å². The number of ketones is 1.